The van der Waals surface area contributed by atoms with Crippen LogP contribution < -0.4 is 0 Å². The molecule has 0 atom stereocenters. The Morgan fingerprint density at radius 1 is 1.35 bits per heavy atom. The molecule has 0 fully saturated rings. The average molecular weight is 246 g/mol. The molecular weight excluding hydrogens is 232 g/mol. The van der Waals surface area contributed by atoms with Crippen LogP contribution in [0, 0.1) is 13.8 Å². The third-order valence-corrected chi connectivity index (χ3v) is 3.44. The minimum Gasteiger partial charge on any atom is -0.300 e. The zero-order valence-corrected chi connectivity index (χ0v) is 11.0. The molecule has 0 aliphatic rings. The molecule has 4 heteroatoms. The summed E-state index contributed by atoms with van der Waals surface area (Å²) < 4.78 is 0. The highest BCUT2D eigenvalue weighted by atomic mass is 32.1. The standard InChI is InChI=1S/C13H14N2OS/c1-8-4-5-17-13(8)11-6-9(2)14-12(15-11)7-10(3)16/h4-6H,7H2,1-3H3. The quantitative estimate of drug-likeness (QED) is 0.836. The number of ketones is 1. The van der Waals surface area contributed by atoms with Gasteiger partial charge < -0.3 is 0 Å². The van der Waals surface area contributed by atoms with Gasteiger partial charge in [-0.05, 0) is 43.8 Å². The summed E-state index contributed by atoms with van der Waals surface area (Å²) in [5.41, 5.74) is 3.03. The predicted octanol–water partition coefficient (Wildman–Crippen LogP) is 2.95. The summed E-state index contributed by atoms with van der Waals surface area (Å²) in [6.07, 6.45) is 0.305. The molecule has 0 saturated carbocycles. The van der Waals surface area contributed by atoms with Gasteiger partial charge in [0.25, 0.3) is 0 Å². The maximum atomic E-state index is 11.1. The van der Waals surface area contributed by atoms with Crippen molar-refractivity contribution in [3.63, 3.8) is 0 Å². The lowest BCUT2D eigenvalue weighted by molar-refractivity contribution is -0.116. The molecule has 0 aliphatic heterocycles. The van der Waals surface area contributed by atoms with Crippen molar-refractivity contribution < 1.29 is 4.79 Å². The molecule has 2 aromatic rings. The molecule has 0 aliphatic carbocycles. The second-order valence-corrected chi connectivity index (χ2v) is 5.04. The maximum absolute atomic E-state index is 11.1. The highest BCUT2D eigenvalue weighted by Gasteiger charge is 2.09. The molecule has 88 valence electrons. The van der Waals surface area contributed by atoms with E-state index in [1.165, 1.54) is 5.56 Å². The summed E-state index contributed by atoms with van der Waals surface area (Å²) in [6, 6.07) is 4.03. The van der Waals surface area contributed by atoms with E-state index in [4.69, 9.17) is 0 Å². The van der Waals surface area contributed by atoms with Gasteiger partial charge in [-0.3, -0.25) is 4.79 Å². The molecule has 2 aromatic heterocycles. The average Bonchev–Trinajstić information content (AvgIpc) is 2.62. The first kappa shape index (κ1) is 11.9. The summed E-state index contributed by atoms with van der Waals surface area (Å²) in [7, 11) is 0. The van der Waals surface area contributed by atoms with Gasteiger partial charge in [0.05, 0.1) is 17.0 Å². The molecule has 0 aromatic carbocycles. The minimum absolute atomic E-state index is 0.0875. The lowest BCUT2D eigenvalue weighted by atomic mass is 10.2. The molecule has 0 unspecified atom stereocenters. The van der Waals surface area contributed by atoms with Gasteiger partial charge in [0.1, 0.15) is 11.6 Å². The predicted molar refractivity (Wildman–Crippen MR) is 69.2 cm³/mol. The summed E-state index contributed by atoms with van der Waals surface area (Å²) in [5, 5.41) is 2.05. The number of aromatic nitrogens is 2. The lowest BCUT2D eigenvalue weighted by Gasteiger charge is -2.04. The number of Topliss-reactive ketones (excluding diaryl/α,β-unsaturated/α-hetero) is 1. The smallest absolute Gasteiger partial charge is 0.137 e. The van der Waals surface area contributed by atoms with Crippen molar-refractivity contribution >= 4 is 17.1 Å². The third kappa shape index (κ3) is 2.77. The van der Waals surface area contributed by atoms with Gasteiger partial charge in [0.15, 0.2) is 0 Å². The van der Waals surface area contributed by atoms with Crippen LogP contribution in [0.5, 0.6) is 0 Å². The largest absolute Gasteiger partial charge is 0.300 e. The first-order valence-electron chi connectivity index (χ1n) is 5.44. The zero-order valence-electron chi connectivity index (χ0n) is 10.2. The summed E-state index contributed by atoms with van der Waals surface area (Å²) in [4.78, 5) is 21.0. The van der Waals surface area contributed by atoms with Gasteiger partial charge in [-0.2, -0.15) is 0 Å². The van der Waals surface area contributed by atoms with E-state index in [0.29, 0.717) is 12.2 Å². The van der Waals surface area contributed by atoms with Crippen LogP contribution in [0.15, 0.2) is 17.5 Å². The Hall–Kier alpha value is -1.55. The Kier molecular flexibility index (Phi) is 3.33. The Labute approximate surface area is 105 Å². The fourth-order valence-electron chi connectivity index (χ4n) is 1.68. The molecule has 3 nitrogen and oxygen atoms in total. The van der Waals surface area contributed by atoms with Crippen LogP contribution in [0.25, 0.3) is 10.6 Å². The second-order valence-electron chi connectivity index (χ2n) is 4.12. The number of rotatable bonds is 3. The Balaban J connectivity index is 2.45. The van der Waals surface area contributed by atoms with Gasteiger partial charge in [0, 0.05) is 5.69 Å². The number of hydrogen-bond donors (Lipinski definition) is 0. The molecule has 0 spiro atoms. The van der Waals surface area contributed by atoms with Gasteiger partial charge in [-0.15, -0.1) is 11.3 Å². The van der Waals surface area contributed by atoms with E-state index in [2.05, 4.69) is 23.0 Å². The summed E-state index contributed by atoms with van der Waals surface area (Å²) >= 11 is 1.66. The van der Waals surface area contributed by atoms with E-state index in [1.54, 1.807) is 18.3 Å². The Bertz CT molecular complexity index is 560. The fraction of sp³-hybridized carbons (Fsp3) is 0.308. The minimum atomic E-state index is 0.0875. The van der Waals surface area contributed by atoms with Crippen LogP contribution in [-0.4, -0.2) is 15.8 Å². The van der Waals surface area contributed by atoms with Gasteiger partial charge in [0.2, 0.25) is 0 Å². The van der Waals surface area contributed by atoms with Crippen molar-refractivity contribution in [1.82, 2.24) is 9.97 Å². The third-order valence-electron chi connectivity index (χ3n) is 2.40. The number of nitrogens with zero attached hydrogens (tertiary/aromatic N) is 2. The van der Waals surface area contributed by atoms with E-state index in [-0.39, 0.29) is 5.78 Å². The molecular formula is C13H14N2OS. The Morgan fingerprint density at radius 2 is 2.12 bits per heavy atom. The molecule has 2 rings (SSSR count). The van der Waals surface area contributed by atoms with Crippen molar-refractivity contribution in [2.75, 3.05) is 0 Å². The van der Waals surface area contributed by atoms with Crippen LogP contribution in [0.2, 0.25) is 0 Å². The fourth-order valence-corrected chi connectivity index (χ4v) is 2.57. The van der Waals surface area contributed by atoms with Crippen molar-refractivity contribution in [1.29, 1.82) is 0 Å². The van der Waals surface area contributed by atoms with Gasteiger partial charge >= 0.3 is 0 Å². The van der Waals surface area contributed by atoms with E-state index in [0.717, 1.165) is 16.3 Å². The highest BCUT2D eigenvalue weighted by Crippen LogP contribution is 2.27. The monoisotopic (exact) mass is 246 g/mol. The number of aryl methyl sites for hydroxylation is 2. The van der Waals surface area contributed by atoms with Gasteiger partial charge in [-0.1, -0.05) is 0 Å². The molecule has 0 amide bonds. The number of carbonyl (C=O) groups excluding carboxylic acids is 1. The molecule has 0 saturated heterocycles. The van der Waals surface area contributed by atoms with E-state index in [1.807, 2.05) is 18.4 Å². The first-order valence-corrected chi connectivity index (χ1v) is 6.32. The van der Waals surface area contributed by atoms with Crippen LogP contribution in [0.3, 0.4) is 0 Å². The molecule has 0 bridgehead atoms. The van der Waals surface area contributed by atoms with Crippen molar-refractivity contribution in [2.24, 2.45) is 0 Å². The van der Waals surface area contributed by atoms with Crippen LogP contribution in [0.1, 0.15) is 24.0 Å². The zero-order chi connectivity index (χ0) is 12.4. The molecule has 0 radical (unpaired) electrons. The van der Waals surface area contributed by atoms with Crippen LogP contribution in [0.4, 0.5) is 0 Å². The maximum Gasteiger partial charge on any atom is 0.137 e. The molecule has 0 N–H and O–H groups in total. The van der Waals surface area contributed by atoms with Crippen molar-refractivity contribution in [3.8, 4) is 10.6 Å². The lowest BCUT2D eigenvalue weighted by Crippen LogP contribution is -2.04. The van der Waals surface area contributed by atoms with Crippen molar-refractivity contribution in [3.05, 3.63) is 34.6 Å². The van der Waals surface area contributed by atoms with E-state index >= 15 is 0 Å². The second kappa shape index (κ2) is 4.75. The Morgan fingerprint density at radius 3 is 2.71 bits per heavy atom. The summed E-state index contributed by atoms with van der Waals surface area (Å²) in [6.45, 7) is 5.55. The summed E-state index contributed by atoms with van der Waals surface area (Å²) in [5.74, 6) is 0.699. The van der Waals surface area contributed by atoms with Gasteiger partial charge in [-0.25, -0.2) is 9.97 Å². The topological polar surface area (TPSA) is 42.9 Å². The molecule has 2 heterocycles. The highest BCUT2D eigenvalue weighted by molar-refractivity contribution is 7.13. The first-order chi connectivity index (χ1) is 8.06. The normalized spacial score (nSPS) is 10.5. The SMILES string of the molecule is CC(=O)Cc1nc(C)cc(-c2sccc2C)n1. The number of hydrogen-bond acceptors (Lipinski definition) is 4. The van der Waals surface area contributed by atoms with Crippen molar-refractivity contribution in [2.45, 2.75) is 27.2 Å². The number of thiophene rings is 1. The van der Waals surface area contributed by atoms with E-state index in [9.17, 15) is 4.79 Å². The van der Waals surface area contributed by atoms with E-state index < -0.39 is 0 Å². The van der Waals surface area contributed by atoms with Crippen LogP contribution in [-0.2, 0) is 11.2 Å². The number of carbonyl (C=O) groups is 1. The van der Waals surface area contributed by atoms with Crippen LogP contribution >= 0.6 is 11.3 Å². The molecule has 17 heavy (non-hydrogen) atoms.